The van der Waals surface area contributed by atoms with Gasteiger partial charge in [0.15, 0.2) is 5.65 Å². The van der Waals surface area contributed by atoms with Crippen molar-refractivity contribution in [1.82, 2.24) is 30.3 Å². The SMILES string of the molecule is CC.CC.Cc1ccc(-c2nc(N3CCC(Nc4ncnc5[nH]ncc45)C3)no2)cc1. The van der Waals surface area contributed by atoms with Gasteiger partial charge in [0, 0.05) is 24.7 Å². The molecule has 0 aliphatic carbocycles. The maximum absolute atomic E-state index is 5.45. The molecular formula is C22H30N8O. The van der Waals surface area contributed by atoms with Gasteiger partial charge in [0.2, 0.25) is 0 Å². The predicted octanol–water partition coefficient (Wildman–Crippen LogP) is 4.45. The van der Waals surface area contributed by atoms with Gasteiger partial charge in [0.25, 0.3) is 11.8 Å². The number of fused-ring (bicyclic) bond motifs is 1. The number of hydrogen-bond acceptors (Lipinski definition) is 8. The van der Waals surface area contributed by atoms with Gasteiger partial charge in [0.05, 0.1) is 11.6 Å². The molecule has 4 aromatic rings. The second kappa shape index (κ2) is 10.5. The van der Waals surface area contributed by atoms with Crippen molar-refractivity contribution in [2.75, 3.05) is 23.3 Å². The van der Waals surface area contributed by atoms with Crippen molar-refractivity contribution in [2.24, 2.45) is 0 Å². The molecule has 164 valence electrons. The van der Waals surface area contributed by atoms with E-state index in [0.717, 1.165) is 41.9 Å². The molecule has 4 heterocycles. The molecule has 0 amide bonds. The van der Waals surface area contributed by atoms with Crippen molar-refractivity contribution in [3.8, 4) is 11.5 Å². The van der Waals surface area contributed by atoms with Gasteiger partial charge in [-0.25, -0.2) is 9.97 Å². The maximum atomic E-state index is 5.45. The molecule has 2 N–H and O–H groups in total. The summed E-state index contributed by atoms with van der Waals surface area (Å²) in [6.45, 7) is 11.7. The number of aryl methyl sites for hydroxylation is 1. The highest BCUT2D eigenvalue weighted by Crippen LogP contribution is 2.25. The van der Waals surface area contributed by atoms with Gasteiger partial charge < -0.3 is 14.7 Å². The van der Waals surface area contributed by atoms with Crippen LogP contribution in [0.25, 0.3) is 22.5 Å². The minimum Gasteiger partial charge on any atom is -0.365 e. The van der Waals surface area contributed by atoms with Crippen LogP contribution in [0.3, 0.4) is 0 Å². The van der Waals surface area contributed by atoms with Crippen LogP contribution >= 0.6 is 0 Å². The topological polar surface area (TPSA) is 109 Å². The van der Waals surface area contributed by atoms with Gasteiger partial charge in [-0.2, -0.15) is 10.1 Å². The molecule has 31 heavy (non-hydrogen) atoms. The van der Waals surface area contributed by atoms with Gasteiger partial charge in [0.1, 0.15) is 12.1 Å². The minimum absolute atomic E-state index is 0.235. The third-order valence-electron chi connectivity index (χ3n) is 4.77. The Morgan fingerprint density at radius 3 is 2.65 bits per heavy atom. The monoisotopic (exact) mass is 422 g/mol. The zero-order chi connectivity index (χ0) is 22.2. The van der Waals surface area contributed by atoms with Crippen LogP contribution < -0.4 is 10.2 Å². The summed E-state index contributed by atoms with van der Waals surface area (Å²) < 4.78 is 5.45. The third kappa shape index (κ3) is 4.99. The summed E-state index contributed by atoms with van der Waals surface area (Å²) in [5.41, 5.74) is 2.85. The molecule has 0 spiro atoms. The molecule has 9 heteroatoms. The van der Waals surface area contributed by atoms with E-state index in [1.807, 2.05) is 52.0 Å². The Kier molecular flexibility index (Phi) is 7.53. The van der Waals surface area contributed by atoms with E-state index in [0.29, 0.717) is 11.8 Å². The third-order valence-corrected chi connectivity index (χ3v) is 4.77. The van der Waals surface area contributed by atoms with E-state index in [1.165, 1.54) is 11.9 Å². The van der Waals surface area contributed by atoms with E-state index in [1.54, 1.807) is 6.20 Å². The summed E-state index contributed by atoms with van der Waals surface area (Å²) in [6.07, 6.45) is 4.22. The number of nitrogens with one attached hydrogen (secondary N) is 2. The van der Waals surface area contributed by atoms with Crippen molar-refractivity contribution in [3.63, 3.8) is 0 Å². The summed E-state index contributed by atoms with van der Waals surface area (Å²) >= 11 is 0. The smallest absolute Gasteiger partial charge is 0.266 e. The van der Waals surface area contributed by atoms with E-state index >= 15 is 0 Å². The van der Waals surface area contributed by atoms with Crippen molar-refractivity contribution in [2.45, 2.75) is 47.1 Å². The zero-order valence-electron chi connectivity index (χ0n) is 18.8. The quantitative estimate of drug-likeness (QED) is 0.496. The highest BCUT2D eigenvalue weighted by Gasteiger charge is 2.27. The number of aromatic nitrogens is 6. The van der Waals surface area contributed by atoms with E-state index in [4.69, 9.17) is 4.52 Å². The Labute approximate surface area is 182 Å². The molecule has 9 nitrogen and oxygen atoms in total. The maximum Gasteiger partial charge on any atom is 0.266 e. The molecule has 1 saturated heterocycles. The molecule has 0 radical (unpaired) electrons. The van der Waals surface area contributed by atoms with Gasteiger partial charge in [-0.1, -0.05) is 45.4 Å². The lowest BCUT2D eigenvalue weighted by Gasteiger charge is -2.15. The molecule has 5 rings (SSSR count). The highest BCUT2D eigenvalue weighted by atomic mass is 16.5. The van der Waals surface area contributed by atoms with E-state index in [9.17, 15) is 0 Å². The molecule has 1 aliphatic heterocycles. The normalized spacial score (nSPS) is 15.1. The number of benzene rings is 1. The van der Waals surface area contributed by atoms with Gasteiger partial charge in [-0.15, -0.1) is 0 Å². The fraction of sp³-hybridized carbons (Fsp3) is 0.409. The molecular weight excluding hydrogens is 392 g/mol. The fourth-order valence-corrected chi connectivity index (χ4v) is 3.29. The number of anilines is 2. The molecule has 1 aliphatic rings. The average Bonchev–Trinajstić information content (AvgIpc) is 3.58. The standard InChI is InChI=1S/C18H18N8O.2C2H6/c1-11-2-4-12(5-3-11)17-23-18(25-27-17)26-7-6-13(9-26)22-15-14-8-21-24-16(14)20-10-19-15;2*1-2/h2-5,8,10,13H,6-7,9H2,1H3,(H2,19,20,21,22,24);2*1-2H3. The summed E-state index contributed by atoms with van der Waals surface area (Å²) in [5.74, 6) is 1.94. The van der Waals surface area contributed by atoms with E-state index in [-0.39, 0.29) is 6.04 Å². The Morgan fingerprint density at radius 1 is 1.10 bits per heavy atom. The van der Waals surface area contributed by atoms with Crippen LogP contribution in [0.15, 0.2) is 41.3 Å². The van der Waals surface area contributed by atoms with Crippen LogP contribution in [-0.2, 0) is 0 Å². The molecule has 1 unspecified atom stereocenters. The Balaban J connectivity index is 0.000000645. The van der Waals surface area contributed by atoms with Crippen molar-refractivity contribution in [3.05, 3.63) is 42.4 Å². The molecule has 0 bridgehead atoms. The minimum atomic E-state index is 0.235. The molecule has 1 aromatic carbocycles. The summed E-state index contributed by atoms with van der Waals surface area (Å²) in [6, 6.07) is 8.29. The number of aromatic amines is 1. The predicted molar refractivity (Wildman–Crippen MR) is 123 cm³/mol. The van der Waals surface area contributed by atoms with Gasteiger partial charge in [-0.3, -0.25) is 5.10 Å². The van der Waals surface area contributed by atoms with Crippen molar-refractivity contribution < 1.29 is 4.52 Å². The highest BCUT2D eigenvalue weighted by molar-refractivity contribution is 5.85. The zero-order valence-corrected chi connectivity index (χ0v) is 18.8. The largest absolute Gasteiger partial charge is 0.365 e. The average molecular weight is 423 g/mol. The summed E-state index contributed by atoms with van der Waals surface area (Å²) in [7, 11) is 0. The first-order valence-electron chi connectivity index (χ1n) is 10.8. The fourth-order valence-electron chi connectivity index (χ4n) is 3.29. The van der Waals surface area contributed by atoms with Crippen LogP contribution in [0.1, 0.15) is 39.7 Å². The van der Waals surface area contributed by atoms with Crippen LogP contribution in [0.4, 0.5) is 11.8 Å². The number of rotatable bonds is 4. The first kappa shape index (κ1) is 22.2. The lowest BCUT2D eigenvalue weighted by molar-refractivity contribution is 0.430. The molecule has 1 fully saturated rings. The lowest BCUT2D eigenvalue weighted by atomic mass is 10.1. The lowest BCUT2D eigenvalue weighted by Crippen LogP contribution is -2.27. The van der Waals surface area contributed by atoms with E-state index < -0.39 is 0 Å². The Morgan fingerprint density at radius 2 is 1.87 bits per heavy atom. The van der Waals surface area contributed by atoms with Gasteiger partial charge >= 0.3 is 0 Å². The summed E-state index contributed by atoms with van der Waals surface area (Å²) in [4.78, 5) is 15.2. The number of nitrogens with zero attached hydrogens (tertiary/aromatic N) is 6. The van der Waals surface area contributed by atoms with Crippen LogP contribution in [0.5, 0.6) is 0 Å². The van der Waals surface area contributed by atoms with Crippen molar-refractivity contribution in [1.29, 1.82) is 0 Å². The molecule has 1 atom stereocenters. The first-order valence-corrected chi connectivity index (χ1v) is 10.8. The second-order valence-electron chi connectivity index (χ2n) is 6.70. The molecule has 3 aromatic heterocycles. The first-order chi connectivity index (χ1) is 15.3. The number of H-pyrrole nitrogens is 1. The Bertz CT molecular complexity index is 1070. The van der Waals surface area contributed by atoms with Gasteiger partial charge in [-0.05, 0) is 30.6 Å². The van der Waals surface area contributed by atoms with Crippen molar-refractivity contribution >= 4 is 22.8 Å². The second-order valence-corrected chi connectivity index (χ2v) is 6.70. The van der Waals surface area contributed by atoms with Crippen LogP contribution in [0, 0.1) is 6.92 Å². The molecule has 0 saturated carbocycles. The van der Waals surface area contributed by atoms with Crippen LogP contribution in [-0.4, -0.2) is 49.4 Å². The van der Waals surface area contributed by atoms with Crippen LogP contribution in [0.2, 0.25) is 0 Å². The summed E-state index contributed by atoms with van der Waals surface area (Å²) in [5, 5.41) is 15.4. The Hall–Kier alpha value is -3.49. The van der Waals surface area contributed by atoms with E-state index in [2.05, 4.69) is 47.4 Å². The number of hydrogen-bond donors (Lipinski definition) is 2.